The van der Waals surface area contributed by atoms with E-state index >= 15 is 0 Å². The van der Waals surface area contributed by atoms with Gasteiger partial charge in [0.25, 0.3) is 0 Å². The van der Waals surface area contributed by atoms with Crippen LogP contribution in [0.15, 0.2) is 10.6 Å². The molecule has 68 valence electrons. The molecule has 1 saturated carbocycles. The average Bonchev–Trinajstić information content (AvgIpc) is 2.32. The summed E-state index contributed by atoms with van der Waals surface area (Å²) in [5.41, 5.74) is 5.10. The van der Waals surface area contributed by atoms with Gasteiger partial charge in [0, 0.05) is 0 Å². The summed E-state index contributed by atoms with van der Waals surface area (Å²) in [6, 6.07) is 0. The number of amides is 1. The minimum absolute atomic E-state index is 0.0825. The molecule has 0 bridgehead atoms. The van der Waals surface area contributed by atoms with Crippen LogP contribution in [0, 0.1) is 17.3 Å². The van der Waals surface area contributed by atoms with E-state index in [0.29, 0.717) is 0 Å². The van der Waals surface area contributed by atoms with Gasteiger partial charge in [-0.1, -0.05) is 37.0 Å². The molecular weight excluding hydrogens is 197 g/mol. The van der Waals surface area contributed by atoms with E-state index in [0.717, 1.165) is 0 Å². The Hall–Kier alpha value is -0.210. The van der Waals surface area contributed by atoms with Crippen molar-refractivity contribution in [1.82, 2.24) is 0 Å². The first-order valence-corrected chi connectivity index (χ1v) is 4.45. The molecule has 12 heavy (non-hydrogen) atoms. The van der Waals surface area contributed by atoms with Crippen molar-refractivity contribution in [3.05, 3.63) is 10.6 Å². The first-order valence-electron chi connectivity index (χ1n) is 3.69. The minimum atomic E-state index is -0.282. The van der Waals surface area contributed by atoms with E-state index in [1.165, 1.54) is 0 Å². The van der Waals surface area contributed by atoms with Crippen molar-refractivity contribution in [2.75, 3.05) is 0 Å². The molecule has 0 heterocycles. The van der Waals surface area contributed by atoms with Crippen molar-refractivity contribution in [3.63, 3.8) is 0 Å². The van der Waals surface area contributed by atoms with Crippen molar-refractivity contribution in [1.29, 1.82) is 0 Å². The SMILES string of the molecule is CC1(C)[C@H](C=C(Cl)Cl)[C@H]1C(N)=O. The van der Waals surface area contributed by atoms with E-state index in [-0.39, 0.29) is 27.6 Å². The molecule has 0 spiro atoms. The highest BCUT2D eigenvalue weighted by Gasteiger charge is 2.59. The van der Waals surface area contributed by atoms with Gasteiger partial charge in [0.2, 0.25) is 5.91 Å². The Morgan fingerprint density at radius 3 is 2.25 bits per heavy atom. The summed E-state index contributed by atoms with van der Waals surface area (Å²) in [6.45, 7) is 3.95. The van der Waals surface area contributed by atoms with Crippen molar-refractivity contribution in [3.8, 4) is 0 Å². The van der Waals surface area contributed by atoms with Gasteiger partial charge >= 0.3 is 0 Å². The zero-order valence-electron chi connectivity index (χ0n) is 6.97. The van der Waals surface area contributed by atoms with Crippen LogP contribution in [0.1, 0.15) is 13.8 Å². The van der Waals surface area contributed by atoms with Gasteiger partial charge in [-0.3, -0.25) is 4.79 Å². The van der Waals surface area contributed by atoms with Gasteiger partial charge in [-0.25, -0.2) is 0 Å². The maximum atomic E-state index is 10.9. The van der Waals surface area contributed by atoms with Crippen molar-refractivity contribution in [2.24, 2.45) is 23.0 Å². The van der Waals surface area contributed by atoms with Crippen LogP contribution >= 0.6 is 23.2 Å². The molecule has 0 aromatic rings. The lowest BCUT2D eigenvalue weighted by molar-refractivity contribution is -0.119. The number of carbonyl (C=O) groups excluding carboxylic acids is 1. The standard InChI is InChI=1S/C8H11Cl2NO/c1-8(2)4(3-5(9)10)6(8)7(11)12/h3-4,6H,1-2H3,(H2,11,12)/t4-,6+/m1/s1. The molecule has 2 atom stereocenters. The number of halogens is 2. The van der Waals surface area contributed by atoms with E-state index in [1.54, 1.807) is 6.08 Å². The third-order valence-corrected chi connectivity index (χ3v) is 2.77. The second-order valence-corrected chi connectivity index (χ2v) is 4.69. The molecule has 1 aliphatic carbocycles. The number of nitrogens with two attached hydrogens (primary N) is 1. The van der Waals surface area contributed by atoms with Crippen LogP contribution in [0.4, 0.5) is 0 Å². The second kappa shape index (κ2) is 2.93. The van der Waals surface area contributed by atoms with E-state index < -0.39 is 0 Å². The molecule has 1 amide bonds. The molecule has 2 nitrogen and oxygen atoms in total. The van der Waals surface area contributed by atoms with Crippen molar-refractivity contribution >= 4 is 29.1 Å². The highest BCUT2D eigenvalue weighted by atomic mass is 35.5. The monoisotopic (exact) mass is 207 g/mol. The Kier molecular flexibility index (Phi) is 2.41. The van der Waals surface area contributed by atoms with E-state index in [4.69, 9.17) is 28.9 Å². The lowest BCUT2D eigenvalue weighted by Crippen LogP contribution is -2.16. The molecule has 1 rings (SSSR count). The first-order chi connectivity index (χ1) is 5.37. The van der Waals surface area contributed by atoms with E-state index in [9.17, 15) is 4.79 Å². The van der Waals surface area contributed by atoms with Gasteiger partial charge in [0.05, 0.1) is 5.92 Å². The second-order valence-electron chi connectivity index (χ2n) is 3.68. The molecule has 0 saturated heterocycles. The predicted octanol–water partition coefficient (Wildman–Crippen LogP) is 2.06. The van der Waals surface area contributed by atoms with Crippen LogP contribution in [0.25, 0.3) is 0 Å². The Morgan fingerprint density at radius 2 is 2.00 bits per heavy atom. The van der Waals surface area contributed by atoms with Gasteiger partial charge in [-0.05, 0) is 17.4 Å². The summed E-state index contributed by atoms with van der Waals surface area (Å²) in [5, 5.41) is 0. The Morgan fingerprint density at radius 1 is 1.50 bits per heavy atom. The fourth-order valence-electron chi connectivity index (χ4n) is 1.67. The van der Waals surface area contributed by atoms with Crippen LogP contribution in [0.3, 0.4) is 0 Å². The van der Waals surface area contributed by atoms with Crippen LogP contribution in [0.5, 0.6) is 0 Å². The number of allylic oxidation sites excluding steroid dienone is 1. The smallest absolute Gasteiger partial charge is 0.221 e. The molecule has 0 radical (unpaired) electrons. The fraction of sp³-hybridized carbons (Fsp3) is 0.625. The quantitative estimate of drug-likeness (QED) is 0.741. The van der Waals surface area contributed by atoms with Gasteiger partial charge < -0.3 is 5.73 Å². The molecule has 4 heteroatoms. The zero-order chi connectivity index (χ0) is 9.52. The summed E-state index contributed by atoms with van der Waals surface area (Å²) in [5.74, 6) is -0.305. The largest absolute Gasteiger partial charge is 0.369 e. The van der Waals surface area contributed by atoms with Gasteiger partial charge in [0.1, 0.15) is 4.49 Å². The lowest BCUT2D eigenvalue weighted by Gasteiger charge is -1.96. The number of carbonyl (C=O) groups is 1. The Balaban J connectivity index is 2.73. The summed E-state index contributed by atoms with van der Waals surface area (Å²) >= 11 is 11.0. The number of hydrogen-bond donors (Lipinski definition) is 1. The highest BCUT2D eigenvalue weighted by molar-refractivity contribution is 6.55. The van der Waals surface area contributed by atoms with E-state index in [2.05, 4.69) is 0 Å². The van der Waals surface area contributed by atoms with Crippen LogP contribution in [-0.2, 0) is 4.79 Å². The molecule has 1 aliphatic rings. The van der Waals surface area contributed by atoms with Gasteiger partial charge in [-0.15, -0.1) is 0 Å². The molecule has 0 aromatic heterocycles. The average molecular weight is 208 g/mol. The summed E-state index contributed by atoms with van der Waals surface area (Å²) in [6.07, 6.45) is 1.68. The molecular formula is C8H11Cl2NO. The summed E-state index contributed by atoms with van der Waals surface area (Å²) in [4.78, 5) is 10.9. The Labute approximate surface area is 81.7 Å². The van der Waals surface area contributed by atoms with Crippen LogP contribution < -0.4 is 5.73 Å². The predicted molar refractivity (Wildman–Crippen MR) is 49.7 cm³/mol. The normalized spacial score (nSPS) is 31.0. The topological polar surface area (TPSA) is 43.1 Å². The number of hydrogen-bond acceptors (Lipinski definition) is 1. The number of primary amides is 1. The fourth-order valence-corrected chi connectivity index (χ4v) is 1.94. The van der Waals surface area contributed by atoms with Crippen LogP contribution in [-0.4, -0.2) is 5.91 Å². The molecule has 0 aromatic carbocycles. The van der Waals surface area contributed by atoms with Gasteiger partial charge in [0.15, 0.2) is 0 Å². The highest BCUT2D eigenvalue weighted by Crippen LogP contribution is 2.59. The third-order valence-electron chi connectivity index (χ3n) is 2.52. The minimum Gasteiger partial charge on any atom is -0.369 e. The zero-order valence-corrected chi connectivity index (χ0v) is 8.49. The third kappa shape index (κ3) is 1.59. The lowest BCUT2D eigenvalue weighted by atomic mass is 10.1. The number of rotatable bonds is 2. The molecule has 0 unspecified atom stereocenters. The van der Waals surface area contributed by atoms with Crippen LogP contribution in [0.2, 0.25) is 0 Å². The van der Waals surface area contributed by atoms with Crippen molar-refractivity contribution in [2.45, 2.75) is 13.8 Å². The molecule has 2 N–H and O–H groups in total. The van der Waals surface area contributed by atoms with Gasteiger partial charge in [-0.2, -0.15) is 0 Å². The maximum Gasteiger partial charge on any atom is 0.221 e. The summed E-state index contributed by atoms with van der Waals surface area (Å²) in [7, 11) is 0. The maximum absolute atomic E-state index is 10.9. The van der Waals surface area contributed by atoms with Crippen molar-refractivity contribution < 1.29 is 4.79 Å². The summed E-state index contributed by atoms with van der Waals surface area (Å²) < 4.78 is 0.205. The first kappa shape index (κ1) is 9.87. The molecule has 1 fully saturated rings. The Bertz CT molecular complexity index is 243. The molecule has 0 aliphatic heterocycles. The van der Waals surface area contributed by atoms with E-state index in [1.807, 2.05) is 13.8 Å².